The molecule has 5 nitrogen and oxygen atoms in total. The number of carbonyl (C=O) groups is 1. The first-order valence-electron chi connectivity index (χ1n) is 10.5. The lowest BCUT2D eigenvalue weighted by Crippen LogP contribution is -2.40. The first kappa shape index (κ1) is 20.6. The third kappa shape index (κ3) is 3.77. The molecule has 0 fully saturated rings. The topological polar surface area (TPSA) is 70.2 Å². The van der Waals surface area contributed by atoms with Crippen LogP contribution >= 0.6 is 0 Å². The van der Waals surface area contributed by atoms with Crippen molar-refractivity contribution in [2.45, 2.75) is 32.6 Å². The van der Waals surface area contributed by atoms with Crippen molar-refractivity contribution in [1.29, 1.82) is 5.26 Å². The van der Waals surface area contributed by atoms with E-state index in [0.29, 0.717) is 5.56 Å². The number of nitrogens with zero attached hydrogens (tertiary/aromatic N) is 3. The van der Waals surface area contributed by atoms with E-state index in [0.717, 1.165) is 35.2 Å². The van der Waals surface area contributed by atoms with Gasteiger partial charge in [0.05, 0.1) is 34.6 Å². The second-order valence-corrected chi connectivity index (χ2v) is 8.45. The Kier molecular flexibility index (Phi) is 5.48. The fourth-order valence-electron chi connectivity index (χ4n) is 4.44. The summed E-state index contributed by atoms with van der Waals surface area (Å²) in [4.78, 5) is 17.4. The molecule has 1 N–H and O–H groups in total. The van der Waals surface area contributed by atoms with Crippen LogP contribution in [0.2, 0.25) is 0 Å². The molecule has 1 aliphatic rings. The van der Waals surface area contributed by atoms with E-state index < -0.39 is 5.41 Å². The van der Waals surface area contributed by atoms with Crippen LogP contribution in [0.15, 0.2) is 72.7 Å². The average Bonchev–Trinajstić information content (AvgIpc) is 3.22. The summed E-state index contributed by atoms with van der Waals surface area (Å²) in [6.07, 6.45) is 12.5. The van der Waals surface area contributed by atoms with E-state index in [-0.39, 0.29) is 11.8 Å². The van der Waals surface area contributed by atoms with Crippen molar-refractivity contribution in [3.63, 3.8) is 0 Å². The number of amides is 1. The lowest BCUT2D eigenvalue weighted by atomic mass is 9.69. The van der Waals surface area contributed by atoms with Crippen LogP contribution in [0.1, 0.15) is 43.7 Å². The van der Waals surface area contributed by atoms with Crippen molar-refractivity contribution in [3.05, 3.63) is 83.9 Å². The van der Waals surface area contributed by atoms with Gasteiger partial charge in [0, 0.05) is 24.7 Å². The Hall–Kier alpha value is -3.65. The van der Waals surface area contributed by atoms with Gasteiger partial charge in [-0.1, -0.05) is 50.3 Å². The van der Waals surface area contributed by atoms with E-state index in [4.69, 9.17) is 5.26 Å². The molecule has 0 radical (unpaired) electrons. The SMILES string of the molecule is CNC(=O)C(C)(C)C(C1=CCCC=C1)c1ccc2c(-c3ccc(C#N)cc3)ncn2c1. The van der Waals surface area contributed by atoms with Gasteiger partial charge in [0.25, 0.3) is 0 Å². The highest BCUT2D eigenvalue weighted by atomic mass is 16.2. The molecular formula is C26H26N4O. The Morgan fingerprint density at radius 1 is 1.19 bits per heavy atom. The maximum atomic E-state index is 12.8. The Balaban J connectivity index is 1.79. The number of nitriles is 1. The zero-order valence-electron chi connectivity index (χ0n) is 18.1. The van der Waals surface area contributed by atoms with E-state index in [1.165, 1.54) is 5.57 Å². The molecule has 0 bridgehead atoms. The summed E-state index contributed by atoms with van der Waals surface area (Å²) in [6, 6.07) is 13.8. The van der Waals surface area contributed by atoms with Crippen molar-refractivity contribution in [1.82, 2.24) is 14.7 Å². The first-order valence-corrected chi connectivity index (χ1v) is 10.5. The van der Waals surface area contributed by atoms with E-state index in [1.54, 1.807) is 25.5 Å². The third-order valence-electron chi connectivity index (χ3n) is 6.07. The quantitative estimate of drug-likeness (QED) is 0.643. The van der Waals surface area contributed by atoms with Gasteiger partial charge < -0.3 is 9.72 Å². The molecule has 0 aliphatic heterocycles. The van der Waals surface area contributed by atoms with Crippen LogP contribution in [0, 0.1) is 16.7 Å². The molecule has 2 aromatic heterocycles. The van der Waals surface area contributed by atoms with Gasteiger partial charge in [-0.2, -0.15) is 5.26 Å². The van der Waals surface area contributed by atoms with Crippen LogP contribution in [-0.4, -0.2) is 22.3 Å². The van der Waals surface area contributed by atoms with Crippen molar-refractivity contribution in [3.8, 4) is 17.3 Å². The maximum Gasteiger partial charge on any atom is 0.226 e. The standard InChI is InChI=1S/C26H26N4O/c1-26(2,25(31)28-3)23(19-7-5-4-6-8-19)21-13-14-22-24(29-17-30(22)16-21)20-11-9-18(15-27)10-12-20/h5,7-14,16-17,23H,4,6H2,1-3H3,(H,28,31). The molecule has 1 aromatic carbocycles. The fraction of sp³-hybridized carbons (Fsp3) is 0.269. The molecular weight excluding hydrogens is 384 g/mol. The fourth-order valence-corrected chi connectivity index (χ4v) is 4.44. The number of imidazole rings is 1. The van der Waals surface area contributed by atoms with E-state index in [2.05, 4.69) is 52.9 Å². The smallest absolute Gasteiger partial charge is 0.226 e. The summed E-state index contributed by atoms with van der Waals surface area (Å²) in [6.45, 7) is 4.00. The summed E-state index contributed by atoms with van der Waals surface area (Å²) in [5.74, 6) is -0.0597. The molecule has 31 heavy (non-hydrogen) atoms. The van der Waals surface area contributed by atoms with E-state index in [1.807, 2.05) is 30.4 Å². The molecule has 2 heterocycles. The molecule has 3 aromatic rings. The molecule has 0 spiro atoms. The highest BCUT2D eigenvalue weighted by Crippen LogP contribution is 2.43. The second-order valence-electron chi connectivity index (χ2n) is 8.45. The minimum atomic E-state index is -0.619. The van der Waals surface area contributed by atoms with Crippen LogP contribution in [0.4, 0.5) is 0 Å². The van der Waals surface area contributed by atoms with Crippen LogP contribution in [0.5, 0.6) is 0 Å². The predicted molar refractivity (Wildman–Crippen MR) is 122 cm³/mol. The first-order chi connectivity index (χ1) is 15.0. The Bertz CT molecular complexity index is 1220. The van der Waals surface area contributed by atoms with E-state index in [9.17, 15) is 4.79 Å². The number of nitrogens with one attached hydrogen (secondary N) is 1. The third-order valence-corrected chi connectivity index (χ3v) is 6.07. The molecule has 4 rings (SSSR count). The van der Waals surface area contributed by atoms with Crippen molar-refractivity contribution >= 4 is 11.4 Å². The second kappa shape index (κ2) is 8.23. The average molecular weight is 411 g/mol. The highest BCUT2D eigenvalue weighted by Gasteiger charge is 2.39. The van der Waals surface area contributed by atoms with Gasteiger partial charge in [-0.3, -0.25) is 4.79 Å². The molecule has 1 amide bonds. The lowest BCUT2D eigenvalue weighted by Gasteiger charge is -2.35. The number of carbonyl (C=O) groups excluding carboxylic acids is 1. The molecule has 5 heteroatoms. The monoisotopic (exact) mass is 410 g/mol. The number of hydrogen-bond acceptors (Lipinski definition) is 3. The predicted octanol–water partition coefficient (Wildman–Crippen LogP) is 5.01. The summed E-state index contributed by atoms with van der Waals surface area (Å²) < 4.78 is 2.02. The summed E-state index contributed by atoms with van der Waals surface area (Å²) in [7, 11) is 1.69. The van der Waals surface area contributed by atoms with Gasteiger partial charge in [-0.15, -0.1) is 0 Å². The molecule has 1 atom stereocenters. The number of pyridine rings is 1. The van der Waals surface area contributed by atoms with Crippen molar-refractivity contribution in [2.24, 2.45) is 5.41 Å². The van der Waals surface area contributed by atoms with Gasteiger partial charge in [0.2, 0.25) is 5.91 Å². The maximum absolute atomic E-state index is 12.8. The molecule has 156 valence electrons. The summed E-state index contributed by atoms with van der Waals surface area (Å²) >= 11 is 0. The van der Waals surface area contributed by atoms with Crippen LogP contribution in [0.3, 0.4) is 0 Å². The van der Waals surface area contributed by atoms with Gasteiger partial charge in [0.1, 0.15) is 0 Å². The highest BCUT2D eigenvalue weighted by molar-refractivity contribution is 5.84. The Morgan fingerprint density at radius 3 is 2.61 bits per heavy atom. The van der Waals surface area contributed by atoms with Gasteiger partial charge >= 0.3 is 0 Å². The lowest BCUT2D eigenvalue weighted by molar-refractivity contribution is -0.129. The number of fused-ring (bicyclic) bond motifs is 1. The van der Waals surface area contributed by atoms with Gasteiger partial charge in [0.15, 0.2) is 0 Å². The van der Waals surface area contributed by atoms with Gasteiger partial charge in [-0.05, 0) is 42.2 Å². The molecule has 0 saturated heterocycles. The van der Waals surface area contributed by atoms with Crippen LogP contribution in [0.25, 0.3) is 16.8 Å². The normalized spacial score (nSPS) is 14.7. The Morgan fingerprint density at radius 2 is 1.97 bits per heavy atom. The number of aromatic nitrogens is 2. The number of hydrogen-bond donors (Lipinski definition) is 1. The number of allylic oxidation sites excluding steroid dienone is 4. The zero-order valence-corrected chi connectivity index (χ0v) is 18.1. The number of rotatable bonds is 5. The van der Waals surface area contributed by atoms with Crippen molar-refractivity contribution < 1.29 is 4.79 Å². The van der Waals surface area contributed by atoms with Crippen molar-refractivity contribution in [2.75, 3.05) is 7.05 Å². The van der Waals surface area contributed by atoms with Crippen LogP contribution in [-0.2, 0) is 4.79 Å². The summed E-state index contributed by atoms with van der Waals surface area (Å²) in [5, 5.41) is 11.9. The zero-order chi connectivity index (χ0) is 22.0. The largest absolute Gasteiger partial charge is 0.359 e. The minimum absolute atomic E-state index is 0.0152. The van der Waals surface area contributed by atoms with Gasteiger partial charge in [-0.25, -0.2) is 4.98 Å². The number of benzene rings is 1. The minimum Gasteiger partial charge on any atom is -0.359 e. The summed E-state index contributed by atoms with van der Waals surface area (Å²) in [5.41, 5.74) is 5.08. The Labute approximate surface area is 182 Å². The molecule has 1 aliphatic carbocycles. The van der Waals surface area contributed by atoms with Crippen LogP contribution < -0.4 is 5.32 Å². The molecule has 1 unspecified atom stereocenters. The van der Waals surface area contributed by atoms with E-state index >= 15 is 0 Å². The molecule has 0 saturated carbocycles.